The Kier molecular flexibility index (Phi) is 6.41. The third-order valence-electron chi connectivity index (χ3n) is 3.58. The molecule has 0 aromatic heterocycles. The Balaban J connectivity index is 1.71. The topological polar surface area (TPSA) is 99.8 Å². The molecule has 1 aliphatic heterocycles. The van der Waals surface area contributed by atoms with Crippen LogP contribution in [0.1, 0.15) is 12.0 Å². The molecule has 0 bridgehead atoms. The lowest BCUT2D eigenvalue weighted by Crippen LogP contribution is -2.43. The molecule has 4 amide bonds. The molecule has 0 atom stereocenters. The number of rotatable bonds is 6. The summed E-state index contributed by atoms with van der Waals surface area (Å²) in [6.07, 6.45) is 0.769. The van der Waals surface area contributed by atoms with Crippen molar-refractivity contribution in [3.8, 4) is 0 Å². The molecule has 1 aromatic carbocycles. The van der Waals surface area contributed by atoms with E-state index in [0.29, 0.717) is 38.3 Å². The second kappa shape index (κ2) is 8.76. The van der Waals surface area contributed by atoms with E-state index in [2.05, 4.69) is 16.0 Å². The van der Waals surface area contributed by atoms with Crippen molar-refractivity contribution >= 4 is 23.7 Å². The Hall–Kier alpha value is -2.77. The van der Waals surface area contributed by atoms with Gasteiger partial charge in [0.1, 0.15) is 0 Å². The molecule has 3 N–H and O–H groups in total. The number of anilines is 1. The fourth-order valence-electron chi connectivity index (χ4n) is 2.26. The first-order valence-electron chi connectivity index (χ1n) is 7.84. The van der Waals surface area contributed by atoms with E-state index in [0.717, 1.165) is 12.0 Å². The summed E-state index contributed by atoms with van der Waals surface area (Å²) in [6.45, 7) is 1.86. The standard InChI is InChI=1S/C16H22N4O4/c1-17-14(21)11-12-3-5-13(6-4-12)19-15(22)18-7-9-20-8-2-10-24-16(20)23/h3-6H,2,7-11H2,1H3,(H,17,21)(H2,18,19,22). The summed E-state index contributed by atoms with van der Waals surface area (Å²) >= 11 is 0. The van der Waals surface area contributed by atoms with Gasteiger partial charge in [-0.05, 0) is 24.1 Å². The Morgan fingerprint density at radius 1 is 1.25 bits per heavy atom. The summed E-state index contributed by atoms with van der Waals surface area (Å²) in [6, 6.07) is 6.70. The van der Waals surface area contributed by atoms with E-state index < -0.39 is 0 Å². The molecule has 1 heterocycles. The van der Waals surface area contributed by atoms with Gasteiger partial charge >= 0.3 is 12.1 Å². The van der Waals surface area contributed by atoms with Crippen molar-refractivity contribution in [3.63, 3.8) is 0 Å². The number of ether oxygens (including phenoxy) is 1. The zero-order valence-electron chi connectivity index (χ0n) is 13.6. The van der Waals surface area contributed by atoms with Crippen molar-refractivity contribution in [1.29, 1.82) is 0 Å². The molecule has 0 aliphatic carbocycles. The molecule has 0 unspecified atom stereocenters. The van der Waals surface area contributed by atoms with Crippen LogP contribution in [-0.4, -0.2) is 56.2 Å². The number of amides is 4. The lowest BCUT2D eigenvalue weighted by atomic mass is 10.1. The number of urea groups is 1. The summed E-state index contributed by atoms with van der Waals surface area (Å²) in [5, 5.41) is 7.95. The van der Waals surface area contributed by atoms with Crippen LogP contribution in [0.25, 0.3) is 0 Å². The molecule has 24 heavy (non-hydrogen) atoms. The highest BCUT2D eigenvalue weighted by atomic mass is 16.6. The Morgan fingerprint density at radius 3 is 2.67 bits per heavy atom. The Labute approximate surface area is 140 Å². The van der Waals surface area contributed by atoms with Gasteiger partial charge in [0.05, 0.1) is 13.0 Å². The first kappa shape index (κ1) is 17.6. The molecule has 1 aromatic rings. The van der Waals surface area contributed by atoms with Crippen LogP contribution in [0.5, 0.6) is 0 Å². The van der Waals surface area contributed by atoms with Crippen LogP contribution in [0.15, 0.2) is 24.3 Å². The summed E-state index contributed by atoms with van der Waals surface area (Å²) in [5.74, 6) is -0.0651. The monoisotopic (exact) mass is 334 g/mol. The van der Waals surface area contributed by atoms with Crippen molar-refractivity contribution in [3.05, 3.63) is 29.8 Å². The zero-order valence-corrected chi connectivity index (χ0v) is 13.6. The van der Waals surface area contributed by atoms with Gasteiger partial charge in [0.25, 0.3) is 0 Å². The quantitative estimate of drug-likeness (QED) is 0.721. The fourth-order valence-corrected chi connectivity index (χ4v) is 2.26. The normalized spacial score (nSPS) is 13.9. The van der Waals surface area contributed by atoms with Gasteiger partial charge in [0, 0.05) is 32.4 Å². The molecule has 8 heteroatoms. The van der Waals surface area contributed by atoms with E-state index in [4.69, 9.17) is 4.74 Å². The van der Waals surface area contributed by atoms with E-state index in [1.165, 1.54) is 0 Å². The van der Waals surface area contributed by atoms with E-state index in [1.54, 1.807) is 36.2 Å². The van der Waals surface area contributed by atoms with Gasteiger partial charge in [-0.3, -0.25) is 4.79 Å². The third-order valence-corrected chi connectivity index (χ3v) is 3.58. The number of nitrogens with zero attached hydrogens (tertiary/aromatic N) is 1. The zero-order chi connectivity index (χ0) is 17.4. The maximum absolute atomic E-state index is 11.8. The lowest BCUT2D eigenvalue weighted by Gasteiger charge is -2.26. The highest BCUT2D eigenvalue weighted by Gasteiger charge is 2.18. The van der Waals surface area contributed by atoms with Crippen molar-refractivity contribution < 1.29 is 19.1 Å². The van der Waals surface area contributed by atoms with E-state index in [-0.39, 0.29) is 18.0 Å². The molecule has 1 aliphatic rings. The minimum absolute atomic E-state index is 0.0651. The number of likely N-dealkylation sites (N-methyl/N-ethyl adjacent to an activating group) is 1. The molecule has 0 saturated carbocycles. The molecule has 1 saturated heterocycles. The van der Waals surface area contributed by atoms with Crippen LogP contribution in [0, 0.1) is 0 Å². The van der Waals surface area contributed by atoms with Gasteiger partial charge in [-0.1, -0.05) is 12.1 Å². The molecular weight excluding hydrogens is 312 g/mol. The van der Waals surface area contributed by atoms with Crippen molar-refractivity contribution in [2.75, 3.05) is 38.6 Å². The van der Waals surface area contributed by atoms with Gasteiger partial charge in [-0.2, -0.15) is 0 Å². The molecule has 130 valence electrons. The highest BCUT2D eigenvalue weighted by Crippen LogP contribution is 2.10. The summed E-state index contributed by atoms with van der Waals surface area (Å²) in [5.41, 5.74) is 1.49. The average Bonchev–Trinajstić information content (AvgIpc) is 2.58. The Bertz CT molecular complexity index is 588. The number of nitrogens with one attached hydrogen (secondary N) is 3. The predicted octanol–water partition coefficient (Wildman–Crippen LogP) is 0.939. The van der Waals surface area contributed by atoms with E-state index in [1.807, 2.05) is 0 Å². The average molecular weight is 334 g/mol. The van der Waals surface area contributed by atoms with Crippen LogP contribution in [0.4, 0.5) is 15.3 Å². The van der Waals surface area contributed by atoms with Gasteiger partial charge < -0.3 is 25.6 Å². The molecule has 2 rings (SSSR count). The smallest absolute Gasteiger partial charge is 0.409 e. The van der Waals surface area contributed by atoms with Crippen LogP contribution >= 0.6 is 0 Å². The van der Waals surface area contributed by atoms with E-state index >= 15 is 0 Å². The largest absolute Gasteiger partial charge is 0.449 e. The maximum Gasteiger partial charge on any atom is 0.409 e. The summed E-state index contributed by atoms with van der Waals surface area (Å²) in [7, 11) is 1.59. The second-order valence-electron chi connectivity index (χ2n) is 5.38. The molecule has 1 fully saturated rings. The molecule has 8 nitrogen and oxygen atoms in total. The highest BCUT2D eigenvalue weighted by molar-refractivity contribution is 5.89. The third kappa shape index (κ3) is 5.45. The van der Waals surface area contributed by atoms with Crippen molar-refractivity contribution in [2.24, 2.45) is 0 Å². The van der Waals surface area contributed by atoms with Gasteiger partial charge in [-0.15, -0.1) is 0 Å². The number of cyclic esters (lactones) is 1. The lowest BCUT2D eigenvalue weighted by molar-refractivity contribution is -0.119. The van der Waals surface area contributed by atoms with Gasteiger partial charge in [-0.25, -0.2) is 9.59 Å². The van der Waals surface area contributed by atoms with Gasteiger partial charge in [0.2, 0.25) is 5.91 Å². The van der Waals surface area contributed by atoms with Crippen LogP contribution in [0.3, 0.4) is 0 Å². The first-order chi connectivity index (χ1) is 11.6. The molecular formula is C16H22N4O4. The van der Waals surface area contributed by atoms with Crippen molar-refractivity contribution in [1.82, 2.24) is 15.5 Å². The minimum atomic E-state index is -0.348. The summed E-state index contributed by atoms with van der Waals surface area (Å²) in [4.78, 5) is 36.1. The van der Waals surface area contributed by atoms with Crippen LogP contribution in [-0.2, 0) is 16.0 Å². The fraction of sp³-hybridized carbons (Fsp3) is 0.438. The molecule has 0 spiro atoms. The SMILES string of the molecule is CNC(=O)Cc1ccc(NC(=O)NCCN2CCCOC2=O)cc1. The number of benzene rings is 1. The summed E-state index contributed by atoms with van der Waals surface area (Å²) < 4.78 is 4.92. The number of carbonyl (C=O) groups excluding carboxylic acids is 3. The van der Waals surface area contributed by atoms with Crippen molar-refractivity contribution in [2.45, 2.75) is 12.8 Å². The maximum atomic E-state index is 11.8. The Morgan fingerprint density at radius 2 is 2.00 bits per heavy atom. The van der Waals surface area contributed by atoms with Gasteiger partial charge in [0.15, 0.2) is 0 Å². The van der Waals surface area contributed by atoms with Crippen LogP contribution in [0.2, 0.25) is 0 Å². The van der Waals surface area contributed by atoms with Crippen LogP contribution < -0.4 is 16.0 Å². The van der Waals surface area contributed by atoms with E-state index in [9.17, 15) is 14.4 Å². The molecule has 0 radical (unpaired) electrons. The second-order valence-corrected chi connectivity index (χ2v) is 5.38. The number of carbonyl (C=O) groups is 3. The number of hydrogen-bond donors (Lipinski definition) is 3. The first-order valence-corrected chi connectivity index (χ1v) is 7.84. The minimum Gasteiger partial charge on any atom is -0.449 e. The number of hydrogen-bond acceptors (Lipinski definition) is 4. The predicted molar refractivity (Wildman–Crippen MR) is 88.8 cm³/mol.